The van der Waals surface area contributed by atoms with Crippen LogP contribution in [0.3, 0.4) is 0 Å². The summed E-state index contributed by atoms with van der Waals surface area (Å²) < 4.78 is 21.5. The van der Waals surface area contributed by atoms with Crippen molar-refractivity contribution in [1.82, 2.24) is 9.88 Å². The molecule has 8 heteroatoms. The van der Waals surface area contributed by atoms with Gasteiger partial charge in [-0.25, -0.2) is 4.98 Å². The van der Waals surface area contributed by atoms with E-state index in [2.05, 4.69) is 0 Å². The third kappa shape index (κ3) is 3.23. The molecular weight excluding hydrogens is 404 g/mol. The number of rotatable bonds is 4. The minimum atomic E-state index is -0.0139. The molecule has 1 aromatic heterocycles. The van der Waals surface area contributed by atoms with Gasteiger partial charge in [-0.15, -0.1) is 11.3 Å². The number of carbonyl (C=O) groups excluding carboxylic acids is 1. The van der Waals surface area contributed by atoms with Crippen molar-refractivity contribution in [3.8, 4) is 33.6 Å². The van der Waals surface area contributed by atoms with Crippen molar-refractivity contribution in [2.45, 2.75) is 13.0 Å². The fourth-order valence-electron chi connectivity index (χ4n) is 3.67. The van der Waals surface area contributed by atoms with Crippen LogP contribution in [0.4, 0.5) is 0 Å². The summed E-state index contributed by atoms with van der Waals surface area (Å²) in [5.74, 6) is 2.63. The summed E-state index contributed by atoms with van der Waals surface area (Å²) in [5.41, 5.74) is 2.63. The molecule has 3 aromatic rings. The number of ether oxygens (including phenoxy) is 4. The van der Waals surface area contributed by atoms with Gasteiger partial charge in [-0.2, -0.15) is 0 Å². The van der Waals surface area contributed by atoms with Crippen LogP contribution >= 0.6 is 11.3 Å². The van der Waals surface area contributed by atoms with Gasteiger partial charge < -0.3 is 23.8 Å². The lowest BCUT2D eigenvalue weighted by atomic mass is 10.1. The molecule has 30 heavy (non-hydrogen) atoms. The molecule has 0 radical (unpaired) electrons. The smallest absolute Gasteiger partial charge is 0.254 e. The SMILES string of the molecule is COc1ccc(-c2nc3c(s2)CN(C(=O)c2ccc4c(c2)OCO4)CC3)cc1OC. The number of methoxy groups -OCH3 is 2. The van der Waals surface area contributed by atoms with E-state index in [1.165, 1.54) is 0 Å². The van der Waals surface area contributed by atoms with Crippen LogP contribution in [-0.4, -0.2) is 43.3 Å². The van der Waals surface area contributed by atoms with Crippen LogP contribution in [0.5, 0.6) is 23.0 Å². The summed E-state index contributed by atoms with van der Waals surface area (Å²) in [5, 5.41) is 0.915. The Kier molecular flexibility index (Phi) is 4.71. The third-order valence-corrected chi connectivity index (χ3v) is 6.40. The van der Waals surface area contributed by atoms with Crippen LogP contribution in [0.2, 0.25) is 0 Å². The second kappa shape index (κ2) is 7.53. The van der Waals surface area contributed by atoms with E-state index in [1.807, 2.05) is 23.1 Å². The Morgan fingerprint density at radius 1 is 1.07 bits per heavy atom. The number of nitrogens with zero attached hydrogens (tertiary/aromatic N) is 2. The fraction of sp³-hybridized carbons (Fsp3) is 0.273. The molecule has 0 saturated heterocycles. The predicted molar refractivity (Wildman–Crippen MR) is 112 cm³/mol. The number of aromatic nitrogens is 1. The molecule has 0 atom stereocenters. The summed E-state index contributed by atoms with van der Waals surface area (Å²) in [6.45, 7) is 1.38. The van der Waals surface area contributed by atoms with Gasteiger partial charge in [0.25, 0.3) is 5.91 Å². The van der Waals surface area contributed by atoms with Crippen molar-refractivity contribution in [3.05, 3.63) is 52.5 Å². The van der Waals surface area contributed by atoms with Crippen molar-refractivity contribution >= 4 is 17.2 Å². The highest BCUT2D eigenvalue weighted by atomic mass is 32.1. The standard InChI is InChI=1S/C22H20N2O5S/c1-26-16-5-3-13(9-18(16)27-2)21-23-15-7-8-24(11-20(15)30-21)22(25)14-4-6-17-19(10-14)29-12-28-17/h3-6,9-10H,7-8,11-12H2,1-2H3. The minimum absolute atomic E-state index is 0.0139. The van der Waals surface area contributed by atoms with Gasteiger partial charge in [-0.05, 0) is 36.4 Å². The molecule has 0 fully saturated rings. The highest BCUT2D eigenvalue weighted by molar-refractivity contribution is 7.15. The average Bonchev–Trinajstić information content (AvgIpc) is 3.43. The van der Waals surface area contributed by atoms with Gasteiger partial charge in [0.15, 0.2) is 23.0 Å². The number of benzene rings is 2. The number of thiazole rings is 1. The Bertz CT molecular complexity index is 1130. The van der Waals surface area contributed by atoms with Crippen molar-refractivity contribution in [1.29, 1.82) is 0 Å². The Morgan fingerprint density at radius 3 is 2.73 bits per heavy atom. The lowest BCUT2D eigenvalue weighted by Gasteiger charge is -2.26. The zero-order chi connectivity index (χ0) is 20.7. The van der Waals surface area contributed by atoms with Crippen LogP contribution in [0.15, 0.2) is 36.4 Å². The molecule has 2 aliphatic rings. The maximum absolute atomic E-state index is 13.0. The van der Waals surface area contributed by atoms with Gasteiger partial charge in [0.1, 0.15) is 5.01 Å². The van der Waals surface area contributed by atoms with Gasteiger partial charge in [-0.1, -0.05) is 0 Å². The van der Waals surface area contributed by atoms with Crippen molar-refractivity contribution in [2.24, 2.45) is 0 Å². The van der Waals surface area contributed by atoms with Gasteiger partial charge in [0, 0.05) is 29.0 Å². The topological polar surface area (TPSA) is 70.1 Å². The monoisotopic (exact) mass is 424 g/mol. The van der Waals surface area contributed by atoms with Crippen molar-refractivity contribution < 1.29 is 23.7 Å². The first kappa shape index (κ1) is 18.7. The van der Waals surface area contributed by atoms with E-state index in [1.54, 1.807) is 43.8 Å². The number of hydrogen-bond donors (Lipinski definition) is 0. The van der Waals surface area contributed by atoms with Crippen LogP contribution < -0.4 is 18.9 Å². The normalized spacial score (nSPS) is 14.4. The van der Waals surface area contributed by atoms with E-state index in [9.17, 15) is 4.79 Å². The number of hydrogen-bond acceptors (Lipinski definition) is 7. The number of amides is 1. The summed E-state index contributed by atoms with van der Waals surface area (Å²) in [6.07, 6.45) is 0.732. The Morgan fingerprint density at radius 2 is 1.90 bits per heavy atom. The number of carbonyl (C=O) groups is 1. The molecule has 154 valence electrons. The molecule has 0 bridgehead atoms. The number of fused-ring (bicyclic) bond motifs is 2. The molecule has 0 saturated carbocycles. The first-order valence-corrected chi connectivity index (χ1v) is 10.4. The van der Waals surface area contributed by atoms with E-state index in [0.29, 0.717) is 41.7 Å². The van der Waals surface area contributed by atoms with E-state index >= 15 is 0 Å². The molecule has 2 aliphatic heterocycles. The molecule has 0 spiro atoms. The van der Waals surface area contributed by atoms with Gasteiger partial charge in [0.2, 0.25) is 6.79 Å². The predicted octanol–water partition coefficient (Wildman–Crippen LogP) is 3.75. The largest absolute Gasteiger partial charge is 0.493 e. The van der Waals surface area contributed by atoms with Crippen molar-refractivity contribution in [3.63, 3.8) is 0 Å². The first-order chi connectivity index (χ1) is 14.7. The van der Waals surface area contributed by atoms with Gasteiger partial charge in [-0.3, -0.25) is 4.79 Å². The molecule has 7 nitrogen and oxygen atoms in total. The van der Waals surface area contributed by atoms with E-state index in [0.717, 1.165) is 27.6 Å². The summed E-state index contributed by atoms with van der Waals surface area (Å²) >= 11 is 1.61. The van der Waals surface area contributed by atoms with Gasteiger partial charge in [0.05, 0.1) is 26.5 Å². The van der Waals surface area contributed by atoms with E-state index < -0.39 is 0 Å². The second-order valence-electron chi connectivity index (χ2n) is 7.00. The van der Waals surface area contributed by atoms with Crippen LogP contribution in [-0.2, 0) is 13.0 Å². The van der Waals surface area contributed by atoms with Crippen LogP contribution in [0.25, 0.3) is 10.6 Å². The zero-order valence-electron chi connectivity index (χ0n) is 16.6. The lowest BCUT2D eigenvalue weighted by molar-refractivity contribution is 0.0736. The molecule has 0 aliphatic carbocycles. The summed E-state index contributed by atoms with van der Waals surface area (Å²) in [7, 11) is 3.24. The highest BCUT2D eigenvalue weighted by Gasteiger charge is 2.26. The van der Waals surface area contributed by atoms with E-state index in [-0.39, 0.29) is 12.7 Å². The average molecular weight is 424 g/mol. The molecule has 0 unspecified atom stereocenters. The molecule has 2 aromatic carbocycles. The van der Waals surface area contributed by atoms with Crippen LogP contribution in [0, 0.1) is 0 Å². The fourth-order valence-corrected chi connectivity index (χ4v) is 4.79. The van der Waals surface area contributed by atoms with Crippen LogP contribution in [0.1, 0.15) is 20.9 Å². The molecular formula is C22H20N2O5S. The van der Waals surface area contributed by atoms with Gasteiger partial charge >= 0.3 is 0 Å². The summed E-state index contributed by atoms with van der Waals surface area (Å²) in [6, 6.07) is 11.1. The Labute approximate surface area is 177 Å². The Hall–Kier alpha value is -3.26. The maximum Gasteiger partial charge on any atom is 0.254 e. The molecule has 0 N–H and O–H groups in total. The maximum atomic E-state index is 13.0. The first-order valence-electron chi connectivity index (χ1n) is 9.56. The molecule has 5 rings (SSSR count). The summed E-state index contributed by atoms with van der Waals surface area (Å²) in [4.78, 5) is 20.8. The highest BCUT2D eigenvalue weighted by Crippen LogP contribution is 2.37. The zero-order valence-corrected chi connectivity index (χ0v) is 17.5. The lowest BCUT2D eigenvalue weighted by Crippen LogP contribution is -2.35. The molecule has 3 heterocycles. The quantitative estimate of drug-likeness (QED) is 0.635. The Balaban J connectivity index is 1.37. The van der Waals surface area contributed by atoms with Crippen molar-refractivity contribution in [2.75, 3.05) is 27.6 Å². The molecule has 1 amide bonds. The van der Waals surface area contributed by atoms with E-state index in [4.69, 9.17) is 23.9 Å². The second-order valence-corrected chi connectivity index (χ2v) is 8.09. The third-order valence-electron chi connectivity index (χ3n) is 5.27. The minimum Gasteiger partial charge on any atom is -0.493 e.